The van der Waals surface area contributed by atoms with E-state index in [1.54, 1.807) is 0 Å². The van der Waals surface area contributed by atoms with Crippen molar-refractivity contribution in [3.8, 4) is 0 Å². The molecule has 0 amide bonds. The summed E-state index contributed by atoms with van der Waals surface area (Å²) < 4.78 is 31.4. The molecule has 0 aliphatic carbocycles. The summed E-state index contributed by atoms with van der Waals surface area (Å²) in [5.41, 5.74) is 0. The van der Waals surface area contributed by atoms with Gasteiger partial charge in [-0.25, -0.2) is 4.57 Å². The number of ether oxygens (including phenoxy) is 3. The molecule has 0 rings (SSSR count). The Labute approximate surface area is 120 Å². The fourth-order valence-electron chi connectivity index (χ4n) is 1.35. The van der Waals surface area contributed by atoms with Crippen LogP contribution in [0.5, 0.6) is 0 Å². The van der Waals surface area contributed by atoms with Crippen LogP contribution in [0.3, 0.4) is 0 Å². The Bertz CT molecular complexity index is 281. The van der Waals surface area contributed by atoms with E-state index in [-0.39, 0.29) is 18.8 Å². The molecule has 0 aromatic carbocycles. The first-order valence-electron chi connectivity index (χ1n) is 6.79. The Hall–Kier alpha value is -0.0100. The van der Waals surface area contributed by atoms with Crippen molar-refractivity contribution < 1.29 is 33.1 Å². The molecule has 0 saturated heterocycles. The van der Waals surface area contributed by atoms with Crippen molar-refractivity contribution in [2.75, 3.05) is 26.4 Å². The molecule has 0 spiro atoms. The monoisotopic (exact) mass is 314 g/mol. The maximum absolute atomic E-state index is 10.6. The molecular weight excluding hydrogens is 287 g/mol. The van der Waals surface area contributed by atoms with Crippen LogP contribution in [0.1, 0.15) is 34.1 Å². The first-order valence-corrected chi connectivity index (χ1v) is 8.32. The first kappa shape index (κ1) is 20.0. The van der Waals surface area contributed by atoms with E-state index in [0.717, 1.165) is 13.0 Å². The zero-order chi connectivity index (χ0) is 15.6. The number of hydrogen-bond acceptors (Lipinski definition) is 5. The van der Waals surface area contributed by atoms with Gasteiger partial charge in [0.2, 0.25) is 0 Å². The summed E-state index contributed by atoms with van der Waals surface area (Å²) in [7, 11) is -4.46. The van der Waals surface area contributed by atoms with E-state index in [1.807, 2.05) is 20.8 Å². The van der Waals surface area contributed by atoms with Crippen molar-refractivity contribution in [1.82, 2.24) is 0 Å². The maximum Gasteiger partial charge on any atom is 0.469 e. The van der Waals surface area contributed by atoms with Crippen LogP contribution in [0.2, 0.25) is 0 Å². The summed E-state index contributed by atoms with van der Waals surface area (Å²) in [6, 6.07) is 0. The molecule has 20 heavy (non-hydrogen) atoms. The van der Waals surface area contributed by atoms with E-state index < -0.39 is 13.9 Å². The molecular formula is C12H27O7P. The highest BCUT2D eigenvalue weighted by atomic mass is 31.2. The lowest BCUT2D eigenvalue weighted by Gasteiger charge is -2.20. The van der Waals surface area contributed by atoms with Gasteiger partial charge in [-0.1, -0.05) is 6.92 Å². The number of phosphoric ester groups is 1. The van der Waals surface area contributed by atoms with Crippen molar-refractivity contribution in [2.24, 2.45) is 0 Å². The Balaban J connectivity index is 3.67. The maximum atomic E-state index is 10.6. The molecule has 0 aromatic heterocycles. The minimum atomic E-state index is -4.46. The number of hydrogen-bond donors (Lipinski definition) is 2. The molecule has 0 bridgehead atoms. The third kappa shape index (κ3) is 13.0. The van der Waals surface area contributed by atoms with Crippen molar-refractivity contribution in [2.45, 2.75) is 52.4 Å². The van der Waals surface area contributed by atoms with Gasteiger partial charge < -0.3 is 24.0 Å². The lowest BCUT2D eigenvalue weighted by molar-refractivity contribution is -0.0692. The molecule has 0 heterocycles. The van der Waals surface area contributed by atoms with E-state index in [9.17, 15) is 4.57 Å². The lowest BCUT2D eigenvalue weighted by atomic mass is 10.4. The van der Waals surface area contributed by atoms with Crippen LogP contribution in [-0.2, 0) is 23.3 Å². The molecule has 2 N–H and O–H groups in total. The lowest BCUT2D eigenvalue weighted by Crippen LogP contribution is -2.26. The fraction of sp³-hybridized carbons (Fsp3) is 1.00. The Morgan fingerprint density at radius 2 is 1.45 bits per heavy atom. The molecule has 0 aliphatic rings. The summed E-state index contributed by atoms with van der Waals surface area (Å²) in [5, 5.41) is 0. The third-order valence-corrected chi connectivity index (χ3v) is 2.88. The van der Waals surface area contributed by atoms with Crippen LogP contribution in [0.25, 0.3) is 0 Å². The largest absolute Gasteiger partial charge is 0.469 e. The molecule has 0 saturated carbocycles. The zero-order valence-electron chi connectivity index (χ0n) is 12.7. The summed E-state index contributed by atoms with van der Waals surface area (Å²) in [5.74, 6) is 0. The van der Waals surface area contributed by atoms with Gasteiger partial charge in [0, 0.05) is 6.61 Å². The molecule has 0 aliphatic heterocycles. The van der Waals surface area contributed by atoms with Crippen LogP contribution >= 0.6 is 7.82 Å². The molecule has 3 unspecified atom stereocenters. The van der Waals surface area contributed by atoms with Gasteiger partial charge in [0.1, 0.15) is 0 Å². The third-order valence-electron chi connectivity index (χ3n) is 2.25. The molecule has 3 atom stereocenters. The SMILES string of the molecule is CCCOCC(C)OCC(C)OCC(C)OP(=O)(O)O. The van der Waals surface area contributed by atoms with Gasteiger partial charge in [-0.05, 0) is 27.2 Å². The van der Waals surface area contributed by atoms with Crippen molar-refractivity contribution in [1.29, 1.82) is 0 Å². The number of phosphoric acid groups is 1. The average molecular weight is 314 g/mol. The summed E-state index contributed by atoms with van der Waals surface area (Å²) >= 11 is 0. The van der Waals surface area contributed by atoms with E-state index in [2.05, 4.69) is 4.52 Å². The Kier molecular flexibility index (Phi) is 10.7. The first-order chi connectivity index (χ1) is 9.24. The molecule has 8 heteroatoms. The van der Waals surface area contributed by atoms with Crippen LogP contribution in [-0.4, -0.2) is 54.5 Å². The Morgan fingerprint density at radius 1 is 0.950 bits per heavy atom. The van der Waals surface area contributed by atoms with Gasteiger partial charge in [0.15, 0.2) is 0 Å². The van der Waals surface area contributed by atoms with Gasteiger partial charge in [-0.2, -0.15) is 0 Å². The second-order valence-electron chi connectivity index (χ2n) is 4.77. The van der Waals surface area contributed by atoms with Gasteiger partial charge in [0.05, 0.1) is 38.1 Å². The zero-order valence-corrected chi connectivity index (χ0v) is 13.5. The van der Waals surface area contributed by atoms with E-state index in [1.165, 1.54) is 6.92 Å². The predicted molar refractivity (Wildman–Crippen MR) is 74.5 cm³/mol. The molecule has 0 aromatic rings. The second kappa shape index (κ2) is 10.7. The average Bonchev–Trinajstić information content (AvgIpc) is 2.32. The Morgan fingerprint density at radius 3 is 1.95 bits per heavy atom. The summed E-state index contributed by atoms with van der Waals surface area (Å²) in [6.07, 6.45) is 0.0929. The standard InChI is InChI=1S/C12H27O7P/c1-5-6-16-7-10(2)17-8-11(3)18-9-12(4)19-20(13,14)15/h10-12H,5-9H2,1-4H3,(H2,13,14,15). The summed E-state index contributed by atoms with van der Waals surface area (Å²) in [4.78, 5) is 17.3. The minimum Gasteiger partial charge on any atom is -0.379 e. The van der Waals surface area contributed by atoms with E-state index in [0.29, 0.717) is 13.2 Å². The molecule has 122 valence electrons. The topological polar surface area (TPSA) is 94.5 Å². The van der Waals surface area contributed by atoms with Gasteiger partial charge in [-0.3, -0.25) is 4.52 Å². The van der Waals surface area contributed by atoms with E-state index in [4.69, 9.17) is 24.0 Å². The fourth-order valence-corrected chi connectivity index (χ4v) is 1.88. The smallest absolute Gasteiger partial charge is 0.379 e. The number of rotatable bonds is 12. The van der Waals surface area contributed by atoms with Gasteiger partial charge >= 0.3 is 7.82 Å². The normalized spacial score (nSPS) is 16.9. The van der Waals surface area contributed by atoms with Crippen LogP contribution in [0.4, 0.5) is 0 Å². The van der Waals surface area contributed by atoms with E-state index >= 15 is 0 Å². The molecule has 0 radical (unpaired) electrons. The van der Waals surface area contributed by atoms with Gasteiger partial charge in [0.25, 0.3) is 0 Å². The van der Waals surface area contributed by atoms with Crippen molar-refractivity contribution in [3.05, 3.63) is 0 Å². The van der Waals surface area contributed by atoms with Crippen molar-refractivity contribution >= 4 is 7.82 Å². The quantitative estimate of drug-likeness (QED) is 0.418. The highest BCUT2D eigenvalue weighted by molar-refractivity contribution is 7.46. The minimum absolute atomic E-state index is 0.0172. The van der Waals surface area contributed by atoms with Crippen molar-refractivity contribution in [3.63, 3.8) is 0 Å². The highest BCUT2D eigenvalue weighted by Gasteiger charge is 2.19. The van der Waals surface area contributed by atoms with Crippen LogP contribution in [0, 0.1) is 0 Å². The van der Waals surface area contributed by atoms with Crippen LogP contribution in [0.15, 0.2) is 0 Å². The van der Waals surface area contributed by atoms with Gasteiger partial charge in [-0.15, -0.1) is 0 Å². The molecule has 7 nitrogen and oxygen atoms in total. The predicted octanol–water partition coefficient (Wildman–Crippen LogP) is 1.72. The summed E-state index contributed by atoms with van der Waals surface area (Å²) in [6.45, 7) is 9.06. The second-order valence-corrected chi connectivity index (χ2v) is 5.96. The molecule has 0 fully saturated rings. The van der Waals surface area contributed by atoms with Crippen LogP contribution < -0.4 is 0 Å². The highest BCUT2D eigenvalue weighted by Crippen LogP contribution is 2.37.